The first-order valence-corrected chi connectivity index (χ1v) is 7.90. The van der Waals surface area contributed by atoms with Gasteiger partial charge in [0.15, 0.2) is 0 Å². The van der Waals surface area contributed by atoms with Crippen molar-refractivity contribution in [1.29, 1.82) is 0 Å². The highest BCUT2D eigenvalue weighted by Gasteiger charge is 2.39. The third kappa shape index (κ3) is 3.41. The lowest BCUT2D eigenvalue weighted by Gasteiger charge is -2.32. The highest BCUT2D eigenvalue weighted by atomic mass is 35.5. The van der Waals surface area contributed by atoms with Crippen molar-refractivity contribution in [1.82, 2.24) is 5.32 Å². The number of carbonyl (C=O) groups is 1. The van der Waals surface area contributed by atoms with Crippen molar-refractivity contribution in [2.45, 2.75) is 45.1 Å². The predicted molar refractivity (Wildman–Crippen MR) is 84.7 cm³/mol. The Kier molecular flexibility index (Phi) is 4.88. The van der Waals surface area contributed by atoms with Crippen LogP contribution in [0.15, 0.2) is 12.1 Å². The number of halogens is 3. The number of carbonyl (C=O) groups excluding carboxylic acids is 1. The van der Waals surface area contributed by atoms with Crippen LogP contribution in [0.5, 0.6) is 0 Å². The van der Waals surface area contributed by atoms with Gasteiger partial charge >= 0.3 is 0 Å². The van der Waals surface area contributed by atoms with E-state index in [1.807, 2.05) is 0 Å². The standard InChI is InChI=1S/C15H18Cl3NO/c1-9(2)7-15(6-5-13(20)19-15)8-10-11(16)3-4-12(17)14(10)18/h3-4,9H,5-8H2,1-2H3,(H,19,20). The fourth-order valence-electron chi connectivity index (χ4n) is 2.98. The van der Waals surface area contributed by atoms with E-state index in [9.17, 15) is 4.79 Å². The van der Waals surface area contributed by atoms with Crippen molar-refractivity contribution < 1.29 is 4.79 Å². The minimum absolute atomic E-state index is 0.0972. The molecule has 0 aliphatic carbocycles. The minimum atomic E-state index is -0.261. The average Bonchev–Trinajstić information content (AvgIpc) is 2.71. The fourth-order valence-corrected chi connectivity index (χ4v) is 3.66. The molecule has 20 heavy (non-hydrogen) atoms. The molecule has 1 aromatic rings. The van der Waals surface area contributed by atoms with Gasteiger partial charge in [-0.1, -0.05) is 48.7 Å². The smallest absolute Gasteiger partial charge is 0.220 e. The number of rotatable bonds is 4. The summed E-state index contributed by atoms with van der Waals surface area (Å²) in [5.74, 6) is 0.574. The maximum atomic E-state index is 11.7. The van der Waals surface area contributed by atoms with Crippen LogP contribution in [0.4, 0.5) is 0 Å². The first-order valence-electron chi connectivity index (χ1n) is 6.76. The fraction of sp³-hybridized carbons (Fsp3) is 0.533. The monoisotopic (exact) mass is 333 g/mol. The highest BCUT2D eigenvalue weighted by Crippen LogP contribution is 2.38. The molecule has 1 amide bonds. The summed E-state index contributed by atoms with van der Waals surface area (Å²) in [6, 6.07) is 3.45. The molecule has 0 aromatic heterocycles. The molecule has 1 atom stereocenters. The van der Waals surface area contributed by atoms with Gasteiger partial charge in [0.2, 0.25) is 5.91 Å². The Bertz CT molecular complexity index is 530. The van der Waals surface area contributed by atoms with E-state index in [4.69, 9.17) is 34.8 Å². The van der Waals surface area contributed by atoms with Crippen molar-refractivity contribution in [3.8, 4) is 0 Å². The van der Waals surface area contributed by atoms with Crippen LogP contribution < -0.4 is 5.32 Å². The Morgan fingerprint density at radius 2 is 1.90 bits per heavy atom. The molecule has 1 unspecified atom stereocenters. The van der Waals surface area contributed by atoms with E-state index in [0.29, 0.717) is 33.8 Å². The maximum Gasteiger partial charge on any atom is 0.220 e. The molecule has 0 bridgehead atoms. The van der Waals surface area contributed by atoms with Crippen molar-refractivity contribution in [3.63, 3.8) is 0 Å². The van der Waals surface area contributed by atoms with E-state index in [2.05, 4.69) is 19.2 Å². The molecule has 0 saturated carbocycles. The summed E-state index contributed by atoms with van der Waals surface area (Å²) < 4.78 is 0. The van der Waals surface area contributed by atoms with Gasteiger partial charge in [0.1, 0.15) is 0 Å². The molecule has 0 spiro atoms. The van der Waals surface area contributed by atoms with Gasteiger partial charge in [-0.25, -0.2) is 0 Å². The third-order valence-corrected chi connectivity index (χ3v) is 4.89. The highest BCUT2D eigenvalue weighted by molar-refractivity contribution is 6.44. The van der Waals surface area contributed by atoms with Crippen molar-refractivity contribution in [2.75, 3.05) is 0 Å². The summed E-state index contributed by atoms with van der Waals surface area (Å²) in [5.41, 5.74) is 0.562. The second-order valence-corrected chi connectivity index (χ2v) is 7.12. The minimum Gasteiger partial charge on any atom is -0.350 e. The van der Waals surface area contributed by atoms with Crippen LogP contribution in [0.1, 0.15) is 38.7 Å². The van der Waals surface area contributed by atoms with Gasteiger partial charge in [-0.3, -0.25) is 4.79 Å². The van der Waals surface area contributed by atoms with Crippen LogP contribution >= 0.6 is 34.8 Å². The molecule has 1 aromatic carbocycles. The molecule has 110 valence electrons. The van der Waals surface area contributed by atoms with E-state index in [1.165, 1.54) is 0 Å². The summed E-state index contributed by atoms with van der Waals surface area (Å²) in [4.78, 5) is 11.7. The molecule has 5 heteroatoms. The lowest BCUT2D eigenvalue weighted by Crippen LogP contribution is -2.44. The number of hydrogen-bond acceptors (Lipinski definition) is 1. The summed E-state index contributed by atoms with van der Waals surface area (Å²) in [6.45, 7) is 4.29. The maximum absolute atomic E-state index is 11.7. The zero-order chi connectivity index (χ0) is 14.9. The van der Waals surface area contributed by atoms with Gasteiger partial charge in [-0.2, -0.15) is 0 Å². The first-order chi connectivity index (χ1) is 9.33. The second kappa shape index (κ2) is 6.13. The number of benzene rings is 1. The molecule has 1 heterocycles. The van der Waals surface area contributed by atoms with Gasteiger partial charge in [0.05, 0.1) is 10.0 Å². The zero-order valence-corrected chi connectivity index (χ0v) is 13.9. The van der Waals surface area contributed by atoms with E-state index < -0.39 is 0 Å². The van der Waals surface area contributed by atoms with Crippen LogP contribution in [-0.2, 0) is 11.2 Å². The lowest BCUT2D eigenvalue weighted by atomic mass is 9.82. The topological polar surface area (TPSA) is 29.1 Å². The van der Waals surface area contributed by atoms with Crippen molar-refractivity contribution in [3.05, 3.63) is 32.8 Å². The van der Waals surface area contributed by atoms with Crippen LogP contribution in [0, 0.1) is 5.92 Å². The Morgan fingerprint density at radius 1 is 1.25 bits per heavy atom. The molecule has 1 fully saturated rings. The predicted octanol–water partition coefficient (Wildman–Crippen LogP) is 4.88. The Hall–Kier alpha value is -0.440. The molecular formula is C15H18Cl3NO. The summed E-state index contributed by atoms with van der Waals surface area (Å²) in [5, 5.41) is 4.71. The van der Waals surface area contributed by atoms with Crippen LogP contribution in [0.2, 0.25) is 15.1 Å². The molecule has 1 saturated heterocycles. The van der Waals surface area contributed by atoms with Gasteiger partial charge < -0.3 is 5.32 Å². The Labute approximate surface area is 134 Å². The summed E-state index contributed by atoms with van der Waals surface area (Å²) in [7, 11) is 0. The molecule has 1 aliphatic heterocycles. The second-order valence-electron chi connectivity index (χ2n) is 5.92. The van der Waals surface area contributed by atoms with Crippen molar-refractivity contribution in [2.24, 2.45) is 5.92 Å². The lowest BCUT2D eigenvalue weighted by molar-refractivity contribution is -0.119. The van der Waals surface area contributed by atoms with Crippen molar-refractivity contribution >= 4 is 40.7 Å². The molecule has 1 aliphatic rings. The molecule has 2 nitrogen and oxygen atoms in total. The zero-order valence-electron chi connectivity index (χ0n) is 11.6. The Morgan fingerprint density at radius 3 is 2.45 bits per heavy atom. The number of nitrogens with one attached hydrogen (secondary N) is 1. The normalized spacial score (nSPS) is 22.4. The molecular weight excluding hydrogens is 317 g/mol. The molecule has 1 N–H and O–H groups in total. The van der Waals surface area contributed by atoms with E-state index in [1.54, 1.807) is 12.1 Å². The van der Waals surface area contributed by atoms with Gasteiger partial charge in [0.25, 0.3) is 0 Å². The van der Waals surface area contributed by atoms with Gasteiger partial charge in [-0.15, -0.1) is 0 Å². The first kappa shape index (κ1) is 15.9. The van der Waals surface area contributed by atoms with E-state index >= 15 is 0 Å². The molecule has 2 rings (SSSR count). The SMILES string of the molecule is CC(C)CC1(Cc2c(Cl)ccc(Cl)c2Cl)CCC(=O)N1. The van der Waals surface area contributed by atoms with E-state index in [0.717, 1.165) is 18.4 Å². The largest absolute Gasteiger partial charge is 0.350 e. The molecule has 0 radical (unpaired) electrons. The summed E-state index contributed by atoms with van der Waals surface area (Å²) >= 11 is 18.6. The average molecular weight is 335 g/mol. The van der Waals surface area contributed by atoms with Crippen LogP contribution in [-0.4, -0.2) is 11.4 Å². The van der Waals surface area contributed by atoms with Crippen LogP contribution in [0.25, 0.3) is 0 Å². The Balaban J connectivity index is 2.34. The summed E-state index contributed by atoms with van der Waals surface area (Å²) in [6.07, 6.45) is 2.89. The van der Waals surface area contributed by atoms with Crippen LogP contribution in [0.3, 0.4) is 0 Å². The van der Waals surface area contributed by atoms with Gasteiger partial charge in [0, 0.05) is 17.0 Å². The quantitative estimate of drug-likeness (QED) is 0.781. The number of hydrogen-bond donors (Lipinski definition) is 1. The van der Waals surface area contributed by atoms with Gasteiger partial charge in [-0.05, 0) is 42.9 Å². The third-order valence-electron chi connectivity index (χ3n) is 3.69. The van der Waals surface area contributed by atoms with E-state index in [-0.39, 0.29) is 11.4 Å². The number of amides is 1.